The predicted molar refractivity (Wildman–Crippen MR) is 73.4 cm³/mol. The van der Waals surface area contributed by atoms with Crippen LogP contribution in [0, 0.1) is 12.7 Å². The highest BCUT2D eigenvalue weighted by Crippen LogP contribution is 2.21. The highest BCUT2D eigenvalue weighted by molar-refractivity contribution is 6.07. The third kappa shape index (κ3) is 3.02. The number of benzene rings is 1. The summed E-state index contributed by atoms with van der Waals surface area (Å²) in [5, 5.41) is 11.5. The van der Waals surface area contributed by atoms with Crippen LogP contribution in [-0.4, -0.2) is 29.1 Å². The Bertz CT molecular complexity index is 709. The number of nitrogens with one attached hydrogen (secondary N) is 2. The summed E-state index contributed by atoms with van der Waals surface area (Å²) in [6.07, 6.45) is 0. The van der Waals surface area contributed by atoms with Gasteiger partial charge in [0, 0.05) is 11.3 Å². The standard InChI is InChI=1S/C14H13FN2O4/c1-7-5-10(12(16-7)14(19)20)17-13(18)8-3-4-11(21-2)9(15)6-8/h3-6,16H,1-2H3,(H,17,18)(H,19,20). The number of H-pyrrole nitrogens is 1. The zero-order valence-corrected chi connectivity index (χ0v) is 11.4. The van der Waals surface area contributed by atoms with Crippen LogP contribution in [0.4, 0.5) is 10.1 Å². The van der Waals surface area contributed by atoms with E-state index in [-0.39, 0.29) is 22.7 Å². The highest BCUT2D eigenvalue weighted by atomic mass is 19.1. The number of rotatable bonds is 4. The van der Waals surface area contributed by atoms with Crippen LogP contribution in [0.2, 0.25) is 0 Å². The molecule has 0 unspecified atom stereocenters. The van der Waals surface area contributed by atoms with E-state index in [1.807, 2.05) is 0 Å². The van der Waals surface area contributed by atoms with Gasteiger partial charge in [0.05, 0.1) is 12.8 Å². The number of carboxylic acid groups (broad SMARTS) is 1. The van der Waals surface area contributed by atoms with E-state index >= 15 is 0 Å². The van der Waals surface area contributed by atoms with Gasteiger partial charge in [-0.2, -0.15) is 0 Å². The van der Waals surface area contributed by atoms with E-state index in [1.165, 1.54) is 25.3 Å². The first kappa shape index (κ1) is 14.6. The van der Waals surface area contributed by atoms with E-state index in [0.29, 0.717) is 5.69 Å². The molecular formula is C14H13FN2O4. The van der Waals surface area contributed by atoms with Crippen molar-refractivity contribution < 1.29 is 23.8 Å². The van der Waals surface area contributed by atoms with E-state index in [1.54, 1.807) is 6.92 Å². The van der Waals surface area contributed by atoms with Gasteiger partial charge in [-0.05, 0) is 31.2 Å². The number of hydrogen-bond acceptors (Lipinski definition) is 3. The lowest BCUT2D eigenvalue weighted by molar-refractivity contribution is 0.0692. The number of halogens is 1. The molecule has 6 nitrogen and oxygen atoms in total. The molecule has 0 saturated heterocycles. The first-order chi connectivity index (χ1) is 9.92. The normalized spacial score (nSPS) is 10.2. The average molecular weight is 292 g/mol. The Morgan fingerprint density at radius 2 is 2.05 bits per heavy atom. The van der Waals surface area contributed by atoms with Crippen molar-refractivity contribution in [3.05, 3.63) is 47.0 Å². The molecule has 21 heavy (non-hydrogen) atoms. The Labute approximate surface area is 119 Å². The molecule has 0 fully saturated rings. The highest BCUT2D eigenvalue weighted by Gasteiger charge is 2.17. The summed E-state index contributed by atoms with van der Waals surface area (Å²) in [7, 11) is 1.32. The van der Waals surface area contributed by atoms with Gasteiger partial charge in [-0.3, -0.25) is 4.79 Å². The van der Waals surface area contributed by atoms with Crippen molar-refractivity contribution in [3.63, 3.8) is 0 Å². The molecule has 1 heterocycles. The SMILES string of the molecule is COc1ccc(C(=O)Nc2cc(C)[nH]c2C(=O)O)cc1F. The maximum atomic E-state index is 13.6. The van der Waals surface area contributed by atoms with Gasteiger partial charge in [0.1, 0.15) is 5.69 Å². The van der Waals surface area contributed by atoms with Crippen LogP contribution in [0.3, 0.4) is 0 Å². The number of hydrogen-bond donors (Lipinski definition) is 3. The molecule has 1 aromatic carbocycles. The second-order valence-electron chi connectivity index (χ2n) is 4.35. The number of carbonyl (C=O) groups is 2. The number of aromatic carboxylic acids is 1. The molecular weight excluding hydrogens is 279 g/mol. The van der Waals surface area contributed by atoms with Gasteiger partial charge in [-0.15, -0.1) is 0 Å². The third-order valence-corrected chi connectivity index (χ3v) is 2.83. The molecule has 0 spiro atoms. The minimum absolute atomic E-state index is 0.0234. The summed E-state index contributed by atoms with van der Waals surface area (Å²) < 4.78 is 18.3. The van der Waals surface area contributed by atoms with Crippen LogP contribution < -0.4 is 10.1 Å². The average Bonchev–Trinajstić information content (AvgIpc) is 2.79. The number of aryl methyl sites for hydroxylation is 1. The topological polar surface area (TPSA) is 91.4 Å². The first-order valence-corrected chi connectivity index (χ1v) is 6.00. The molecule has 0 aliphatic carbocycles. The number of methoxy groups -OCH3 is 1. The zero-order valence-electron chi connectivity index (χ0n) is 11.4. The lowest BCUT2D eigenvalue weighted by Crippen LogP contribution is -2.14. The van der Waals surface area contributed by atoms with Gasteiger partial charge in [-0.25, -0.2) is 9.18 Å². The minimum atomic E-state index is -1.20. The molecule has 1 amide bonds. The second kappa shape index (κ2) is 5.66. The van der Waals surface area contributed by atoms with E-state index in [9.17, 15) is 14.0 Å². The largest absolute Gasteiger partial charge is 0.494 e. The molecule has 0 radical (unpaired) electrons. The molecule has 0 aliphatic heterocycles. The molecule has 0 aliphatic rings. The van der Waals surface area contributed by atoms with E-state index < -0.39 is 17.7 Å². The maximum absolute atomic E-state index is 13.6. The van der Waals surface area contributed by atoms with Crippen molar-refractivity contribution in [1.82, 2.24) is 4.98 Å². The van der Waals surface area contributed by atoms with Gasteiger partial charge in [0.25, 0.3) is 5.91 Å². The van der Waals surface area contributed by atoms with Gasteiger partial charge in [0.15, 0.2) is 11.6 Å². The summed E-state index contributed by atoms with van der Waals surface area (Å²) in [6, 6.07) is 5.22. The number of carbonyl (C=O) groups excluding carboxylic acids is 1. The third-order valence-electron chi connectivity index (χ3n) is 2.83. The molecule has 110 valence electrons. The lowest BCUT2D eigenvalue weighted by Gasteiger charge is -2.06. The number of aromatic nitrogens is 1. The molecule has 0 atom stereocenters. The summed E-state index contributed by atoms with van der Waals surface area (Å²) in [5.41, 5.74) is 0.642. The van der Waals surface area contributed by atoms with Crippen LogP contribution in [0.5, 0.6) is 5.75 Å². The first-order valence-electron chi connectivity index (χ1n) is 6.00. The van der Waals surface area contributed by atoms with E-state index in [2.05, 4.69) is 10.3 Å². The van der Waals surface area contributed by atoms with Crippen molar-refractivity contribution in [2.45, 2.75) is 6.92 Å². The zero-order chi connectivity index (χ0) is 15.6. The number of amides is 1. The van der Waals surface area contributed by atoms with Crippen LogP contribution in [0.15, 0.2) is 24.3 Å². The van der Waals surface area contributed by atoms with E-state index in [4.69, 9.17) is 9.84 Å². The number of ether oxygens (including phenoxy) is 1. The van der Waals surface area contributed by atoms with Gasteiger partial charge >= 0.3 is 5.97 Å². The summed E-state index contributed by atoms with van der Waals surface area (Å²) in [6.45, 7) is 1.66. The molecule has 0 bridgehead atoms. The Morgan fingerprint density at radius 3 is 2.62 bits per heavy atom. The molecule has 0 saturated carbocycles. The predicted octanol–water partition coefficient (Wildman–Crippen LogP) is 2.42. The van der Waals surface area contributed by atoms with Crippen LogP contribution >= 0.6 is 0 Å². The van der Waals surface area contributed by atoms with Gasteiger partial charge in [0.2, 0.25) is 0 Å². The monoisotopic (exact) mass is 292 g/mol. The fourth-order valence-electron chi connectivity index (χ4n) is 1.86. The van der Waals surface area contributed by atoms with Crippen LogP contribution in [-0.2, 0) is 0 Å². The fourth-order valence-corrected chi connectivity index (χ4v) is 1.86. The molecule has 3 N–H and O–H groups in total. The van der Waals surface area contributed by atoms with Gasteiger partial charge < -0.3 is 20.1 Å². The minimum Gasteiger partial charge on any atom is -0.494 e. The lowest BCUT2D eigenvalue weighted by atomic mass is 10.2. The van der Waals surface area contributed by atoms with Crippen molar-refractivity contribution in [2.24, 2.45) is 0 Å². The molecule has 7 heteroatoms. The van der Waals surface area contributed by atoms with Crippen LogP contribution in [0.1, 0.15) is 26.5 Å². The van der Waals surface area contributed by atoms with Crippen molar-refractivity contribution in [1.29, 1.82) is 0 Å². The fraction of sp³-hybridized carbons (Fsp3) is 0.143. The molecule has 2 aromatic rings. The summed E-state index contributed by atoms with van der Waals surface area (Å²) >= 11 is 0. The summed E-state index contributed by atoms with van der Waals surface area (Å²) in [4.78, 5) is 25.7. The Morgan fingerprint density at radius 1 is 1.33 bits per heavy atom. The summed E-state index contributed by atoms with van der Waals surface area (Å²) in [5.74, 6) is -2.46. The Kier molecular flexibility index (Phi) is 3.93. The number of aromatic amines is 1. The maximum Gasteiger partial charge on any atom is 0.354 e. The van der Waals surface area contributed by atoms with E-state index in [0.717, 1.165) is 6.07 Å². The quantitative estimate of drug-likeness (QED) is 0.807. The van der Waals surface area contributed by atoms with Crippen molar-refractivity contribution >= 4 is 17.6 Å². The number of anilines is 1. The smallest absolute Gasteiger partial charge is 0.354 e. The van der Waals surface area contributed by atoms with Gasteiger partial charge in [-0.1, -0.05) is 0 Å². The number of carboxylic acids is 1. The Balaban J connectivity index is 2.26. The Hall–Kier alpha value is -2.83. The van der Waals surface area contributed by atoms with Crippen LogP contribution in [0.25, 0.3) is 0 Å². The van der Waals surface area contributed by atoms with Crippen molar-refractivity contribution in [2.75, 3.05) is 12.4 Å². The van der Waals surface area contributed by atoms with Crippen molar-refractivity contribution in [3.8, 4) is 5.75 Å². The molecule has 2 rings (SSSR count). The molecule has 1 aromatic heterocycles. The second-order valence-corrected chi connectivity index (χ2v) is 4.35.